The monoisotopic (exact) mass is 300 g/mol. The van der Waals surface area contributed by atoms with Crippen molar-refractivity contribution in [2.45, 2.75) is 37.9 Å². The van der Waals surface area contributed by atoms with E-state index in [0.717, 1.165) is 31.7 Å². The van der Waals surface area contributed by atoms with Crippen LogP contribution >= 0.6 is 0 Å². The minimum atomic E-state index is -4.53. The van der Waals surface area contributed by atoms with Gasteiger partial charge in [0.05, 0.1) is 11.1 Å². The number of carbonyl (C=O) groups excluding carboxylic acids is 1. The van der Waals surface area contributed by atoms with Crippen molar-refractivity contribution in [2.24, 2.45) is 11.7 Å². The van der Waals surface area contributed by atoms with Crippen molar-refractivity contribution in [1.29, 1.82) is 0 Å². The van der Waals surface area contributed by atoms with Crippen molar-refractivity contribution in [3.05, 3.63) is 35.4 Å². The quantitative estimate of drug-likeness (QED) is 0.901. The average molecular weight is 300 g/mol. The molecule has 3 nitrogen and oxygen atoms in total. The van der Waals surface area contributed by atoms with Crippen LogP contribution in [0.2, 0.25) is 0 Å². The fourth-order valence-corrected chi connectivity index (χ4v) is 2.78. The molecule has 1 aliphatic carbocycles. The molecule has 1 amide bonds. The average Bonchev–Trinajstić information content (AvgIpc) is 2.44. The highest BCUT2D eigenvalue weighted by Crippen LogP contribution is 2.31. The Hall–Kier alpha value is -1.56. The minimum Gasteiger partial charge on any atom is -0.352 e. The SMILES string of the molecule is NC1CCCC(CNC(=O)c2ccccc2C(F)(F)F)C1. The summed E-state index contributed by atoms with van der Waals surface area (Å²) in [7, 11) is 0. The molecule has 3 N–H and O–H groups in total. The van der Waals surface area contributed by atoms with E-state index in [1.807, 2.05) is 0 Å². The molecule has 0 bridgehead atoms. The number of nitrogens with two attached hydrogens (primary N) is 1. The number of carbonyl (C=O) groups is 1. The van der Waals surface area contributed by atoms with Gasteiger partial charge in [0.25, 0.3) is 5.91 Å². The summed E-state index contributed by atoms with van der Waals surface area (Å²) in [5, 5.41) is 2.61. The van der Waals surface area contributed by atoms with Crippen molar-refractivity contribution in [1.82, 2.24) is 5.32 Å². The maximum absolute atomic E-state index is 12.9. The first-order chi connectivity index (χ1) is 9.88. The normalized spacial score (nSPS) is 22.9. The zero-order valence-corrected chi connectivity index (χ0v) is 11.6. The maximum atomic E-state index is 12.9. The first-order valence-electron chi connectivity index (χ1n) is 7.08. The number of halogens is 3. The Balaban J connectivity index is 2.01. The highest BCUT2D eigenvalue weighted by atomic mass is 19.4. The van der Waals surface area contributed by atoms with Crippen LogP contribution in [0.25, 0.3) is 0 Å². The van der Waals surface area contributed by atoms with Gasteiger partial charge >= 0.3 is 6.18 Å². The minimum absolute atomic E-state index is 0.128. The molecule has 116 valence electrons. The Kier molecular flexibility index (Phi) is 4.88. The van der Waals surface area contributed by atoms with Crippen LogP contribution in [0.3, 0.4) is 0 Å². The largest absolute Gasteiger partial charge is 0.417 e. The number of benzene rings is 1. The van der Waals surface area contributed by atoms with E-state index < -0.39 is 17.6 Å². The van der Waals surface area contributed by atoms with Gasteiger partial charge in [0.2, 0.25) is 0 Å². The zero-order chi connectivity index (χ0) is 15.5. The number of rotatable bonds is 3. The van der Waals surface area contributed by atoms with E-state index in [1.54, 1.807) is 0 Å². The molecule has 1 aromatic carbocycles. The number of nitrogens with one attached hydrogen (secondary N) is 1. The summed E-state index contributed by atoms with van der Waals surface area (Å²) in [6.45, 7) is 0.374. The van der Waals surface area contributed by atoms with Crippen LogP contribution in [0.5, 0.6) is 0 Å². The number of hydrogen-bond donors (Lipinski definition) is 2. The molecule has 1 aromatic rings. The van der Waals surface area contributed by atoms with Crippen LogP contribution in [0.1, 0.15) is 41.6 Å². The summed E-state index contributed by atoms with van der Waals surface area (Å²) in [6, 6.07) is 4.96. The van der Waals surface area contributed by atoms with E-state index in [-0.39, 0.29) is 17.5 Å². The van der Waals surface area contributed by atoms with Gasteiger partial charge in [-0.1, -0.05) is 18.6 Å². The molecule has 1 saturated carbocycles. The van der Waals surface area contributed by atoms with Gasteiger partial charge in [-0.05, 0) is 37.3 Å². The Labute approximate surface area is 121 Å². The third kappa shape index (κ3) is 4.20. The van der Waals surface area contributed by atoms with Gasteiger partial charge in [-0.25, -0.2) is 0 Å². The third-order valence-corrected chi connectivity index (χ3v) is 3.85. The van der Waals surface area contributed by atoms with Crippen LogP contribution in [0.15, 0.2) is 24.3 Å². The summed E-state index contributed by atoms with van der Waals surface area (Å²) >= 11 is 0. The van der Waals surface area contributed by atoms with Crippen LogP contribution in [-0.4, -0.2) is 18.5 Å². The fourth-order valence-electron chi connectivity index (χ4n) is 2.78. The lowest BCUT2D eigenvalue weighted by atomic mass is 9.86. The lowest BCUT2D eigenvalue weighted by molar-refractivity contribution is -0.137. The molecule has 0 aromatic heterocycles. The Morgan fingerprint density at radius 2 is 2.00 bits per heavy atom. The van der Waals surface area contributed by atoms with Gasteiger partial charge < -0.3 is 11.1 Å². The topological polar surface area (TPSA) is 55.1 Å². The molecule has 2 rings (SSSR count). The second-order valence-electron chi connectivity index (χ2n) is 5.55. The van der Waals surface area contributed by atoms with Crippen LogP contribution in [0.4, 0.5) is 13.2 Å². The van der Waals surface area contributed by atoms with Gasteiger partial charge in [-0.2, -0.15) is 13.2 Å². The van der Waals surface area contributed by atoms with Gasteiger partial charge in [0.15, 0.2) is 0 Å². The predicted octanol–water partition coefficient (Wildman–Crippen LogP) is 2.95. The molecule has 2 unspecified atom stereocenters. The molecular formula is C15H19F3N2O. The Bertz CT molecular complexity index is 502. The van der Waals surface area contributed by atoms with Crippen molar-refractivity contribution in [3.8, 4) is 0 Å². The number of hydrogen-bond acceptors (Lipinski definition) is 2. The summed E-state index contributed by atoms with van der Waals surface area (Å²) in [6.07, 6.45) is -0.792. The summed E-state index contributed by atoms with van der Waals surface area (Å²) in [4.78, 5) is 12.0. The Morgan fingerprint density at radius 1 is 1.29 bits per heavy atom. The predicted molar refractivity (Wildman–Crippen MR) is 73.7 cm³/mol. The lowest BCUT2D eigenvalue weighted by Gasteiger charge is -2.26. The van der Waals surface area contributed by atoms with Gasteiger partial charge in [0, 0.05) is 12.6 Å². The van der Waals surface area contributed by atoms with Gasteiger partial charge in [-0.15, -0.1) is 0 Å². The number of alkyl halides is 3. The standard InChI is InChI=1S/C15H19F3N2O/c16-15(17,18)13-7-2-1-6-12(13)14(21)20-9-10-4-3-5-11(19)8-10/h1-2,6-7,10-11H,3-5,8-9,19H2,(H,20,21). The van der Waals surface area contributed by atoms with Gasteiger partial charge in [-0.3, -0.25) is 4.79 Å². The van der Waals surface area contributed by atoms with Crippen molar-refractivity contribution in [3.63, 3.8) is 0 Å². The molecule has 1 aliphatic rings. The first-order valence-corrected chi connectivity index (χ1v) is 7.08. The summed E-state index contributed by atoms with van der Waals surface area (Å²) < 4.78 is 38.6. The smallest absolute Gasteiger partial charge is 0.352 e. The highest BCUT2D eigenvalue weighted by molar-refractivity contribution is 5.95. The molecule has 21 heavy (non-hydrogen) atoms. The third-order valence-electron chi connectivity index (χ3n) is 3.85. The molecule has 0 spiro atoms. The molecule has 0 saturated heterocycles. The van der Waals surface area contributed by atoms with Gasteiger partial charge in [0.1, 0.15) is 0 Å². The van der Waals surface area contributed by atoms with Crippen LogP contribution in [-0.2, 0) is 6.18 Å². The zero-order valence-electron chi connectivity index (χ0n) is 11.6. The van der Waals surface area contributed by atoms with E-state index in [4.69, 9.17) is 5.73 Å². The highest BCUT2D eigenvalue weighted by Gasteiger charge is 2.34. The molecule has 0 heterocycles. The summed E-state index contributed by atoms with van der Waals surface area (Å²) in [5.41, 5.74) is 4.63. The molecule has 0 radical (unpaired) electrons. The summed E-state index contributed by atoms with van der Waals surface area (Å²) in [5.74, 6) is -0.433. The van der Waals surface area contributed by atoms with E-state index in [0.29, 0.717) is 6.54 Å². The van der Waals surface area contributed by atoms with Crippen molar-refractivity contribution < 1.29 is 18.0 Å². The van der Waals surface area contributed by atoms with Crippen LogP contribution in [0, 0.1) is 5.92 Å². The van der Waals surface area contributed by atoms with E-state index in [9.17, 15) is 18.0 Å². The second kappa shape index (κ2) is 6.47. The molecule has 6 heteroatoms. The Morgan fingerprint density at radius 3 is 2.67 bits per heavy atom. The van der Waals surface area contributed by atoms with E-state index in [2.05, 4.69) is 5.32 Å². The van der Waals surface area contributed by atoms with E-state index in [1.165, 1.54) is 18.2 Å². The van der Waals surface area contributed by atoms with Crippen LogP contribution < -0.4 is 11.1 Å². The lowest BCUT2D eigenvalue weighted by Crippen LogP contribution is -2.36. The molecule has 1 fully saturated rings. The van der Waals surface area contributed by atoms with E-state index >= 15 is 0 Å². The van der Waals surface area contributed by atoms with Crippen molar-refractivity contribution in [2.75, 3.05) is 6.54 Å². The molecule has 2 atom stereocenters. The molecular weight excluding hydrogens is 281 g/mol. The molecule has 0 aliphatic heterocycles. The first kappa shape index (κ1) is 15.8. The second-order valence-corrected chi connectivity index (χ2v) is 5.55. The maximum Gasteiger partial charge on any atom is 0.417 e. The van der Waals surface area contributed by atoms with Crippen molar-refractivity contribution >= 4 is 5.91 Å². The fraction of sp³-hybridized carbons (Fsp3) is 0.533. The number of amides is 1.